The van der Waals surface area contributed by atoms with Crippen LogP contribution in [0, 0.1) is 42.4 Å². The molecule has 13 heteroatoms. The maximum atomic E-state index is 14.0. The summed E-state index contributed by atoms with van der Waals surface area (Å²) in [5, 5.41) is 13.6. The number of amides is 3. The number of aliphatic carboxylic acids is 1. The molecule has 2 saturated carbocycles. The molecule has 3 aromatic rings. The number of thioether (sulfide) groups is 1. The Morgan fingerprint density at radius 1 is 1.06 bits per heavy atom. The lowest BCUT2D eigenvalue weighted by Crippen LogP contribution is -2.47. The van der Waals surface area contributed by atoms with E-state index in [1.54, 1.807) is 17.8 Å². The number of fused-ring (bicyclic) bond motifs is 9. The van der Waals surface area contributed by atoms with Gasteiger partial charge in [-0.3, -0.25) is 24.1 Å². The number of likely N-dealkylation sites (tertiary alicyclic amines) is 1. The van der Waals surface area contributed by atoms with Crippen molar-refractivity contribution in [3.8, 4) is 11.5 Å². The summed E-state index contributed by atoms with van der Waals surface area (Å²) in [4.78, 5) is 70.3. The number of methoxy groups -OCH3 is 1. The number of para-hydroxylation sites is 1. The van der Waals surface area contributed by atoms with Gasteiger partial charge >= 0.3 is 10.8 Å². The van der Waals surface area contributed by atoms with E-state index < -0.39 is 23.8 Å². The molecule has 1 saturated heterocycles. The maximum absolute atomic E-state index is 14.0. The van der Waals surface area contributed by atoms with Crippen LogP contribution in [0.4, 0.5) is 5.69 Å². The first-order chi connectivity index (χ1) is 23.0. The van der Waals surface area contributed by atoms with Gasteiger partial charge in [-0.25, -0.2) is 4.79 Å². The second-order valence-electron chi connectivity index (χ2n) is 13.6. The van der Waals surface area contributed by atoms with Crippen LogP contribution in [0.1, 0.15) is 48.6 Å². The van der Waals surface area contributed by atoms with Crippen molar-refractivity contribution in [2.45, 2.75) is 55.8 Å². The van der Waals surface area contributed by atoms with Gasteiger partial charge in [0.05, 0.1) is 24.0 Å². The molecule has 252 valence electrons. The smallest absolute Gasteiger partial charge is 0.326 e. The Labute approximate surface area is 285 Å². The molecule has 7 rings (SSSR count). The van der Waals surface area contributed by atoms with Crippen molar-refractivity contribution < 1.29 is 33.8 Å². The van der Waals surface area contributed by atoms with Crippen molar-refractivity contribution in [3.63, 3.8) is 0 Å². The number of hydrogen-bond acceptors (Lipinski definition) is 9. The molecule has 3 heterocycles. The molecule has 48 heavy (non-hydrogen) atoms. The first kappa shape index (κ1) is 32.4. The fourth-order valence-electron chi connectivity index (χ4n) is 8.52. The monoisotopic (exact) mass is 691 g/mol. The van der Waals surface area contributed by atoms with Crippen LogP contribution >= 0.6 is 23.1 Å². The average Bonchev–Trinajstić information content (AvgIpc) is 3.78. The zero-order valence-corrected chi connectivity index (χ0v) is 28.6. The molecule has 2 aliphatic carbocycles. The summed E-state index contributed by atoms with van der Waals surface area (Å²) in [5.41, 5.74) is 2.51. The highest BCUT2D eigenvalue weighted by Crippen LogP contribution is 2.68. The molecule has 0 radical (unpaired) electrons. The van der Waals surface area contributed by atoms with Gasteiger partial charge in [0.25, 0.3) is 5.91 Å². The van der Waals surface area contributed by atoms with Crippen LogP contribution < -0.4 is 19.7 Å². The van der Waals surface area contributed by atoms with E-state index >= 15 is 0 Å². The van der Waals surface area contributed by atoms with Crippen molar-refractivity contribution >= 4 is 52.5 Å². The van der Waals surface area contributed by atoms with Crippen LogP contribution in [0.3, 0.4) is 0 Å². The predicted octanol–water partition coefficient (Wildman–Crippen LogP) is 4.74. The fourth-order valence-corrected chi connectivity index (χ4v) is 11.4. The average molecular weight is 692 g/mol. The van der Waals surface area contributed by atoms with Crippen molar-refractivity contribution in [1.82, 2.24) is 9.88 Å². The van der Waals surface area contributed by atoms with Crippen LogP contribution in [0.5, 0.6) is 11.5 Å². The quantitative estimate of drug-likeness (QED) is 0.256. The van der Waals surface area contributed by atoms with E-state index in [2.05, 4.69) is 10.3 Å². The first-order valence-corrected chi connectivity index (χ1v) is 17.8. The molecule has 8 atom stereocenters. The number of benzene rings is 2. The number of aromatic nitrogens is 1. The Morgan fingerprint density at radius 3 is 2.48 bits per heavy atom. The fraction of sp³-hybridized carbons (Fsp3) is 0.457. The number of nitrogens with one attached hydrogen (secondary N) is 2. The minimum absolute atomic E-state index is 0.0106. The van der Waals surface area contributed by atoms with Crippen molar-refractivity contribution in [2.75, 3.05) is 19.0 Å². The molecule has 4 aliphatic rings. The second kappa shape index (κ2) is 12.4. The molecule has 3 fully saturated rings. The molecule has 2 bridgehead atoms. The standard InChI is InChI=1S/C35H37N3O8S2/c1-15(2)11-21(34(42)43)38-32(40)27-18-13-19(28(27)33(38)41)29-26(18)25(30-31(47-29)37-35(44)48-30)17-9-10-22(23(12-17)45-4)46-14-24(39)36-20-8-6-5-7-16(20)3/h5-10,12,15,18-19,21,25-29H,11,13-14H2,1-4H3,(H,36,39)(H,37,44)(H,42,43)/t18?,19?,21?,25-,26?,27?,28?,29?/m1/s1. The Morgan fingerprint density at radius 2 is 1.79 bits per heavy atom. The number of ether oxygens (including phenoxy) is 2. The molecule has 2 aliphatic heterocycles. The van der Waals surface area contributed by atoms with Gasteiger partial charge in [0.2, 0.25) is 11.8 Å². The Balaban J connectivity index is 1.18. The highest BCUT2D eigenvalue weighted by atomic mass is 32.2. The minimum Gasteiger partial charge on any atom is -0.493 e. The summed E-state index contributed by atoms with van der Waals surface area (Å²) in [5.74, 6) is -3.20. The minimum atomic E-state index is -1.19. The summed E-state index contributed by atoms with van der Waals surface area (Å²) in [7, 11) is 1.52. The van der Waals surface area contributed by atoms with E-state index in [4.69, 9.17) is 9.47 Å². The zero-order chi connectivity index (χ0) is 34.0. The van der Waals surface area contributed by atoms with E-state index in [-0.39, 0.29) is 70.5 Å². The lowest BCUT2D eigenvalue weighted by Gasteiger charge is -2.43. The van der Waals surface area contributed by atoms with Crippen LogP contribution in [0.25, 0.3) is 0 Å². The highest BCUT2D eigenvalue weighted by molar-refractivity contribution is 8.00. The number of hydrogen-bond donors (Lipinski definition) is 3. The van der Waals surface area contributed by atoms with Gasteiger partial charge in [-0.2, -0.15) is 0 Å². The van der Waals surface area contributed by atoms with Gasteiger partial charge in [0.1, 0.15) is 6.04 Å². The molecule has 11 nitrogen and oxygen atoms in total. The number of imide groups is 1. The normalized spacial score (nSPS) is 27.4. The Hall–Kier alpha value is -4.10. The number of carbonyl (C=O) groups is 4. The van der Waals surface area contributed by atoms with Crippen LogP contribution in [0.15, 0.2) is 52.3 Å². The van der Waals surface area contributed by atoms with Crippen molar-refractivity contribution in [1.29, 1.82) is 0 Å². The molecular formula is C35H37N3O8S2. The van der Waals surface area contributed by atoms with E-state index in [1.807, 2.05) is 57.2 Å². The maximum Gasteiger partial charge on any atom is 0.326 e. The van der Waals surface area contributed by atoms with Crippen LogP contribution in [-0.2, 0) is 19.2 Å². The lowest BCUT2D eigenvalue weighted by atomic mass is 9.68. The van der Waals surface area contributed by atoms with E-state index in [1.165, 1.54) is 7.11 Å². The molecule has 3 N–H and O–H groups in total. The van der Waals surface area contributed by atoms with Gasteiger partial charge in [0.15, 0.2) is 18.1 Å². The number of carbonyl (C=O) groups excluding carboxylic acids is 3. The summed E-state index contributed by atoms with van der Waals surface area (Å²) >= 11 is 2.72. The molecule has 1 aromatic heterocycles. The molecule has 7 unspecified atom stereocenters. The van der Waals surface area contributed by atoms with E-state index in [0.29, 0.717) is 23.6 Å². The molecule has 2 aromatic carbocycles. The molecule has 0 spiro atoms. The SMILES string of the molecule is COc1cc([C@H]2c3sc(=O)[nH]c3SC3C4CC(C5C(=O)N(C(CC(C)C)C(=O)O)C(=O)C45)C32)ccc1OCC(=O)Nc1ccccc1C. The summed E-state index contributed by atoms with van der Waals surface area (Å²) < 4.78 is 11.6. The van der Waals surface area contributed by atoms with Gasteiger partial charge in [-0.15, -0.1) is 11.8 Å². The third-order valence-corrected chi connectivity index (χ3v) is 13.0. The second-order valence-corrected chi connectivity index (χ2v) is 15.8. The van der Waals surface area contributed by atoms with Crippen LogP contribution in [0.2, 0.25) is 0 Å². The van der Waals surface area contributed by atoms with E-state index in [9.17, 15) is 29.1 Å². The summed E-state index contributed by atoms with van der Waals surface area (Å²) in [6.07, 6.45) is 0.890. The van der Waals surface area contributed by atoms with Crippen molar-refractivity contribution in [2.24, 2.45) is 35.5 Å². The number of nitrogens with zero attached hydrogens (tertiary/aromatic N) is 1. The van der Waals surface area contributed by atoms with Gasteiger partial charge < -0.3 is 24.9 Å². The summed E-state index contributed by atoms with van der Waals surface area (Å²) in [6.45, 7) is 5.44. The first-order valence-electron chi connectivity index (χ1n) is 16.1. The number of aromatic amines is 1. The number of carboxylic acids is 1. The highest BCUT2D eigenvalue weighted by Gasteiger charge is 2.70. The Kier molecular flexibility index (Phi) is 8.39. The Bertz CT molecular complexity index is 1870. The largest absolute Gasteiger partial charge is 0.493 e. The van der Waals surface area contributed by atoms with Gasteiger partial charge in [-0.05, 0) is 72.8 Å². The summed E-state index contributed by atoms with van der Waals surface area (Å²) in [6, 6.07) is 11.8. The topological polar surface area (TPSA) is 155 Å². The number of anilines is 1. The van der Waals surface area contributed by atoms with Gasteiger partial charge in [0, 0.05) is 21.7 Å². The number of aryl methyl sites for hydroxylation is 1. The number of H-pyrrole nitrogens is 1. The third-order valence-electron chi connectivity index (χ3n) is 10.4. The van der Waals surface area contributed by atoms with Crippen LogP contribution in [-0.4, -0.2) is 63.7 Å². The number of thiazole rings is 1. The molecule has 3 amide bonds. The molecular weight excluding hydrogens is 655 g/mol. The zero-order valence-electron chi connectivity index (χ0n) is 26.9. The lowest BCUT2D eigenvalue weighted by molar-refractivity contribution is -0.156. The number of carboxylic acid groups (broad SMARTS) is 1. The van der Waals surface area contributed by atoms with Gasteiger partial charge in [-0.1, -0.05) is 49.4 Å². The third kappa shape index (κ3) is 5.31. The van der Waals surface area contributed by atoms with Crippen molar-refractivity contribution in [3.05, 3.63) is 68.1 Å². The predicted molar refractivity (Wildman–Crippen MR) is 180 cm³/mol. The van der Waals surface area contributed by atoms with E-state index in [0.717, 1.165) is 37.3 Å². The number of rotatable bonds is 10.